The molecule has 0 saturated heterocycles. The molecule has 1 amide bonds. The molecule has 0 saturated carbocycles. The third-order valence-corrected chi connectivity index (χ3v) is 4.25. The topological polar surface area (TPSA) is 78.4 Å². The van der Waals surface area contributed by atoms with Crippen LogP contribution >= 0.6 is 11.6 Å². The van der Waals surface area contributed by atoms with Gasteiger partial charge < -0.3 is 10.4 Å². The van der Waals surface area contributed by atoms with E-state index in [4.69, 9.17) is 11.6 Å². The van der Waals surface area contributed by atoms with Gasteiger partial charge in [-0.15, -0.1) is 0 Å². The van der Waals surface area contributed by atoms with Crippen LogP contribution in [-0.4, -0.2) is 51.6 Å². The van der Waals surface area contributed by atoms with Crippen molar-refractivity contribution in [2.24, 2.45) is 0 Å². The number of carbonyl (C=O) groups is 1. The Bertz CT molecular complexity index is 725. The van der Waals surface area contributed by atoms with Crippen molar-refractivity contribution in [1.82, 2.24) is 20.2 Å². The second kappa shape index (κ2) is 7.70. The number of hydrogen-bond donors (Lipinski definition) is 2. The average molecular weight is 347 g/mol. The van der Waals surface area contributed by atoms with Gasteiger partial charge in [0.05, 0.1) is 6.10 Å². The van der Waals surface area contributed by atoms with E-state index in [1.54, 1.807) is 0 Å². The summed E-state index contributed by atoms with van der Waals surface area (Å²) in [6.45, 7) is 2.41. The molecular weight excluding hydrogens is 328 g/mol. The SMILES string of the molecule is O=C(NCC(O)CN1CCc2ccccc2C1)c1cc(Cl)ncn1. The summed E-state index contributed by atoms with van der Waals surface area (Å²) < 4.78 is 0. The molecule has 0 aliphatic carbocycles. The van der Waals surface area contributed by atoms with Gasteiger partial charge in [-0.1, -0.05) is 35.9 Å². The molecule has 126 valence electrons. The summed E-state index contributed by atoms with van der Waals surface area (Å²) >= 11 is 5.73. The summed E-state index contributed by atoms with van der Waals surface area (Å²) in [5.74, 6) is -0.373. The smallest absolute Gasteiger partial charge is 0.270 e. The number of aliphatic hydroxyl groups is 1. The zero-order chi connectivity index (χ0) is 16.9. The molecule has 1 aliphatic heterocycles. The summed E-state index contributed by atoms with van der Waals surface area (Å²) in [7, 11) is 0. The van der Waals surface area contributed by atoms with Crippen molar-refractivity contribution in [1.29, 1.82) is 0 Å². The van der Waals surface area contributed by atoms with Crippen molar-refractivity contribution in [3.8, 4) is 0 Å². The number of carbonyl (C=O) groups excluding carboxylic acids is 1. The second-order valence-corrected chi connectivity index (χ2v) is 6.23. The number of fused-ring (bicyclic) bond motifs is 1. The van der Waals surface area contributed by atoms with Crippen molar-refractivity contribution in [3.63, 3.8) is 0 Å². The molecule has 6 nitrogen and oxygen atoms in total. The third-order valence-electron chi connectivity index (χ3n) is 4.04. The summed E-state index contributed by atoms with van der Waals surface area (Å²) in [5.41, 5.74) is 2.86. The quantitative estimate of drug-likeness (QED) is 0.797. The second-order valence-electron chi connectivity index (χ2n) is 5.84. The van der Waals surface area contributed by atoms with Gasteiger partial charge in [-0.3, -0.25) is 9.69 Å². The minimum atomic E-state index is -0.642. The third kappa shape index (κ3) is 4.29. The number of amides is 1. The highest BCUT2D eigenvalue weighted by atomic mass is 35.5. The Kier molecular flexibility index (Phi) is 5.40. The van der Waals surface area contributed by atoms with E-state index in [1.165, 1.54) is 23.5 Å². The van der Waals surface area contributed by atoms with Crippen LogP contribution in [-0.2, 0) is 13.0 Å². The van der Waals surface area contributed by atoms with Crippen LogP contribution in [0.5, 0.6) is 0 Å². The largest absolute Gasteiger partial charge is 0.390 e. The molecular formula is C17H19ClN4O2. The predicted molar refractivity (Wildman–Crippen MR) is 90.8 cm³/mol. The van der Waals surface area contributed by atoms with E-state index in [2.05, 4.69) is 38.4 Å². The van der Waals surface area contributed by atoms with Gasteiger partial charge in [0, 0.05) is 32.2 Å². The van der Waals surface area contributed by atoms with Crippen molar-refractivity contribution < 1.29 is 9.90 Å². The summed E-state index contributed by atoms with van der Waals surface area (Å²) in [6.07, 6.45) is 1.57. The van der Waals surface area contributed by atoms with Crippen LogP contribution in [0.3, 0.4) is 0 Å². The van der Waals surface area contributed by atoms with Crippen molar-refractivity contribution in [3.05, 3.63) is 58.6 Å². The lowest BCUT2D eigenvalue weighted by atomic mass is 10.00. The first kappa shape index (κ1) is 16.8. The zero-order valence-corrected chi connectivity index (χ0v) is 13.9. The lowest BCUT2D eigenvalue weighted by Gasteiger charge is -2.30. The summed E-state index contributed by atoms with van der Waals surface area (Å²) in [6, 6.07) is 9.75. The highest BCUT2D eigenvalue weighted by molar-refractivity contribution is 6.29. The number of hydrogen-bond acceptors (Lipinski definition) is 5. The normalized spacial score (nSPS) is 15.6. The number of nitrogens with zero attached hydrogens (tertiary/aromatic N) is 3. The van der Waals surface area contributed by atoms with Gasteiger partial charge in [0.1, 0.15) is 17.2 Å². The van der Waals surface area contributed by atoms with E-state index in [0.29, 0.717) is 6.54 Å². The first-order valence-corrected chi connectivity index (χ1v) is 8.22. The average Bonchev–Trinajstić information content (AvgIpc) is 2.59. The van der Waals surface area contributed by atoms with E-state index in [1.807, 2.05) is 6.07 Å². The molecule has 1 aromatic heterocycles. The Hall–Kier alpha value is -2.02. The summed E-state index contributed by atoms with van der Waals surface area (Å²) in [5, 5.41) is 13.1. The molecule has 2 N–H and O–H groups in total. The standard InChI is InChI=1S/C17H19ClN4O2/c18-16-7-15(20-11-21-16)17(24)19-8-14(23)10-22-6-5-12-3-1-2-4-13(12)9-22/h1-4,7,11,14,23H,5-6,8-10H2,(H,19,24). The molecule has 0 fully saturated rings. The number of rotatable bonds is 5. The van der Waals surface area contributed by atoms with E-state index >= 15 is 0 Å². The highest BCUT2D eigenvalue weighted by Gasteiger charge is 2.19. The number of aromatic nitrogens is 2. The molecule has 2 aromatic rings. The Labute approximate surface area is 145 Å². The maximum Gasteiger partial charge on any atom is 0.270 e. The number of benzene rings is 1. The van der Waals surface area contributed by atoms with Crippen molar-refractivity contribution in [2.45, 2.75) is 19.1 Å². The molecule has 3 rings (SSSR count). The van der Waals surface area contributed by atoms with Crippen LogP contribution in [0, 0.1) is 0 Å². The molecule has 1 atom stereocenters. The maximum atomic E-state index is 12.0. The number of aliphatic hydroxyl groups excluding tert-OH is 1. The maximum absolute atomic E-state index is 12.0. The number of nitrogens with one attached hydrogen (secondary N) is 1. The predicted octanol–water partition coefficient (Wildman–Crippen LogP) is 1.28. The fourth-order valence-corrected chi connectivity index (χ4v) is 2.98. The molecule has 1 aromatic carbocycles. The van der Waals surface area contributed by atoms with E-state index in [-0.39, 0.29) is 23.3 Å². The van der Waals surface area contributed by atoms with Crippen molar-refractivity contribution >= 4 is 17.5 Å². The molecule has 0 spiro atoms. The fraction of sp³-hybridized carbons (Fsp3) is 0.353. The highest BCUT2D eigenvalue weighted by Crippen LogP contribution is 2.18. The van der Waals surface area contributed by atoms with E-state index < -0.39 is 6.10 Å². The first-order chi connectivity index (χ1) is 11.6. The molecule has 1 unspecified atom stereocenters. The Morgan fingerprint density at radius 2 is 2.12 bits per heavy atom. The molecule has 2 heterocycles. The lowest BCUT2D eigenvalue weighted by molar-refractivity contribution is 0.0838. The monoisotopic (exact) mass is 346 g/mol. The zero-order valence-electron chi connectivity index (χ0n) is 13.2. The molecule has 7 heteroatoms. The Morgan fingerprint density at radius 3 is 2.92 bits per heavy atom. The first-order valence-electron chi connectivity index (χ1n) is 7.85. The Morgan fingerprint density at radius 1 is 1.33 bits per heavy atom. The van der Waals surface area contributed by atoms with Crippen LogP contribution in [0.4, 0.5) is 0 Å². The van der Waals surface area contributed by atoms with Gasteiger partial charge in [0.25, 0.3) is 5.91 Å². The van der Waals surface area contributed by atoms with Gasteiger partial charge in [0.2, 0.25) is 0 Å². The fourth-order valence-electron chi connectivity index (χ4n) is 2.83. The van der Waals surface area contributed by atoms with Crippen LogP contribution in [0.2, 0.25) is 5.15 Å². The molecule has 1 aliphatic rings. The Balaban J connectivity index is 1.48. The van der Waals surface area contributed by atoms with Crippen LogP contribution in [0.15, 0.2) is 36.7 Å². The van der Waals surface area contributed by atoms with Crippen LogP contribution in [0.1, 0.15) is 21.6 Å². The van der Waals surface area contributed by atoms with E-state index in [0.717, 1.165) is 19.5 Å². The number of β-amino-alcohol motifs (C(OH)–C–C–N with tert-alkyl or cyclic N) is 1. The molecule has 0 radical (unpaired) electrons. The summed E-state index contributed by atoms with van der Waals surface area (Å²) in [4.78, 5) is 21.8. The van der Waals surface area contributed by atoms with E-state index in [9.17, 15) is 9.90 Å². The minimum absolute atomic E-state index is 0.165. The van der Waals surface area contributed by atoms with Gasteiger partial charge in [0.15, 0.2) is 0 Å². The lowest BCUT2D eigenvalue weighted by Crippen LogP contribution is -2.42. The molecule has 24 heavy (non-hydrogen) atoms. The van der Waals surface area contributed by atoms with Gasteiger partial charge in [-0.2, -0.15) is 0 Å². The minimum Gasteiger partial charge on any atom is -0.390 e. The van der Waals surface area contributed by atoms with Crippen molar-refractivity contribution in [2.75, 3.05) is 19.6 Å². The molecule has 0 bridgehead atoms. The van der Waals surface area contributed by atoms with Gasteiger partial charge in [-0.05, 0) is 17.5 Å². The van der Waals surface area contributed by atoms with Gasteiger partial charge >= 0.3 is 0 Å². The van der Waals surface area contributed by atoms with Gasteiger partial charge in [-0.25, -0.2) is 9.97 Å². The van der Waals surface area contributed by atoms with Crippen LogP contribution in [0.25, 0.3) is 0 Å². The van der Waals surface area contributed by atoms with Crippen LogP contribution < -0.4 is 5.32 Å². The number of halogens is 1.